The lowest BCUT2D eigenvalue weighted by Crippen LogP contribution is -2.53. The van der Waals surface area contributed by atoms with Gasteiger partial charge in [-0.15, -0.1) is 0 Å². The number of anilines is 1. The predicted octanol–water partition coefficient (Wildman–Crippen LogP) is 3.68. The minimum Gasteiger partial charge on any atom is -0.485 e. The van der Waals surface area contributed by atoms with E-state index in [2.05, 4.69) is 15.1 Å². The maximum absolute atomic E-state index is 12.6. The molecule has 0 aromatic heterocycles. The van der Waals surface area contributed by atoms with Crippen LogP contribution in [0, 0.1) is 20.8 Å². The lowest BCUT2D eigenvalue weighted by molar-refractivity contribution is -0.117. The van der Waals surface area contributed by atoms with Gasteiger partial charge in [0, 0.05) is 50.0 Å². The number of hydrogen-bond donors (Lipinski definition) is 2. The second kappa shape index (κ2) is 10.7. The molecule has 2 aromatic rings. The van der Waals surface area contributed by atoms with Crippen molar-refractivity contribution in [3.05, 3.63) is 51.0 Å². The highest BCUT2D eigenvalue weighted by molar-refractivity contribution is 6.42. The molecule has 0 radical (unpaired) electrons. The smallest absolute Gasteiger partial charge is 0.238 e. The number of benzene rings is 2. The Hall–Kier alpha value is -2.03. The van der Waals surface area contributed by atoms with Crippen molar-refractivity contribution in [2.24, 2.45) is 0 Å². The van der Waals surface area contributed by atoms with E-state index in [9.17, 15) is 9.90 Å². The molecular weight excluding hydrogens is 477 g/mol. The summed E-state index contributed by atoms with van der Waals surface area (Å²) in [5.41, 5.74) is 3.74. The fourth-order valence-corrected chi connectivity index (χ4v) is 4.81. The number of fused-ring (bicyclic) bond motifs is 1. The van der Waals surface area contributed by atoms with Crippen molar-refractivity contribution in [2.75, 3.05) is 51.2 Å². The third-order valence-electron chi connectivity index (χ3n) is 6.48. The Balaban J connectivity index is 1.25. The molecule has 0 spiro atoms. The third-order valence-corrected chi connectivity index (χ3v) is 7.37. The molecular formula is C25H31Cl2N3O4. The second-order valence-electron chi connectivity index (χ2n) is 9.05. The normalized spacial score (nSPS) is 19.6. The van der Waals surface area contributed by atoms with Crippen molar-refractivity contribution in [2.45, 2.75) is 33.0 Å². The van der Waals surface area contributed by atoms with Crippen molar-refractivity contribution < 1.29 is 19.4 Å². The maximum Gasteiger partial charge on any atom is 0.238 e. The molecule has 0 bridgehead atoms. The molecule has 1 fully saturated rings. The van der Waals surface area contributed by atoms with Gasteiger partial charge in [0.1, 0.15) is 12.7 Å². The molecule has 0 aliphatic carbocycles. The SMILES string of the molecule is Cc1cccc(C)c1NC(=O)CN1CCN(CC(O)C2COc3c(cc(Cl)c(Cl)c3C)O2)CC1. The van der Waals surface area contributed by atoms with Gasteiger partial charge in [0.15, 0.2) is 17.6 Å². The molecule has 2 unspecified atom stereocenters. The maximum atomic E-state index is 12.6. The van der Waals surface area contributed by atoms with Gasteiger partial charge in [0.2, 0.25) is 5.91 Å². The summed E-state index contributed by atoms with van der Waals surface area (Å²) in [6, 6.07) is 7.62. The van der Waals surface area contributed by atoms with Crippen LogP contribution in [-0.2, 0) is 4.79 Å². The van der Waals surface area contributed by atoms with Crippen LogP contribution in [0.15, 0.2) is 24.3 Å². The van der Waals surface area contributed by atoms with E-state index >= 15 is 0 Å². The Morgan fingerprint density at radius 1 is 1.15 bits per heavy atom. The van der Waals surface area contributed by atoms with Gasteiger partial charge in [-0.3, -0.25) is 14.6 Å². The summed E-state index contributed by atoms with van der Waals surface area (Å²) in [6.07, 6.45) is -1.22. The average molecular weight is 508 g/mol. The van der Waals surface area contributed by atoms with Gasteiger partial charge < -0.3 is 19.9 Å². The first-order valence-electron chi connectivity index (χ1n) is 11.5. The Morgan fingerprint density at radius 2 is 1.79 bits per heavy atom. The van der Waals surface area contributed by atoms with Crippen molar-refractivity contribution in [3.63, 3.8) is 0 Å². The number of para-hydroxylation sites is 1. The van der Waals surface area contributed by atoms with Crippen molar-refractivity contribution in [3.8, 4) is 11.5 Å². The summed E-state index contributed by atoms with van der Waals surface area (Å²) in [5, 5.41) is 14.7. The summed E-state index contributed by atoms with van der Waals surface area (Å²) >= 11 is 12.4. The number of carbonyl (C=O) groups is 1. The predicted molar refractivity (Wildman–Crippen MR) is 135 cm³/mol. The number of aliphatic hydroxyl groups excluding tert-OH is 1. The summed E-state index contributed by atoms with van der Waals surface area (Å²) in [5.74, 6) is 1.07. The number of piperazine rings is 1. The van der Waals surface area contributed by atoms with Gasteiger partial charge in [-0.25, -0.2) is 0 Å². The molecule has 2 heterocycles. The quantitative estimate of drug-likeness (QED) is 0.621. The van der Waals surface area contributed by atoms with Crippen LogP contribution in [-0.4, -0.2) is 78.9 Å². The Bertz CT molecular complexity index is 1040. The van der Waals surface area contributed by atoms with E-state index < -0.39 is 12.2 Å². The number of halogens is 2. The molecule has 2 aliphatic heterocycles. The first kappa shape index (κ1) is 25.1. The van der Waals surface area contributed by atoms with Gasteiger partial charge in [0.25, 0.3) is 0 Å². The molecule has 0 saturated carbocycles. The Morgan fingerprint density at radius 3 is 2.47 bits per heavy atom. The van der Waals surface area contributed by atoms with E-state index in [0.29, 0.717) is 34.6 Å². The highest BCUT2D eigenvalue weighted by Crippen LogP contribution is 2.43. The first-order chi connectivity index (χ1) is 16.2. The molecule has 1 saturated heterocycles. The molecule has 2 aromatic carbocycles. The van der Waals surface area contributed by atoms with Gasteiger partial charge in [-0.05, 0) is 31.9 Å². The number of carbonyl (C=O) groups excluding carboxylic acids is 1. The van der Waals surface area contributed by atoms with Gasteiger partial charge in [0.05, 0.1) is 16.6 Å². The molecule has 1 amide bonds. The minimum atomic E-state index is -0.721. The van der Waals surface area contributed by atoms with Crippen molar-refractivity contribution >= 4 is 34.8 Å². The number of aryl methyl sites for hydroxylation is 2. The standard InChI is InChI=1S/C25H31Cl2N3O4/c1-15-5-4-6-16(2)24(15)28-22(32)13-30-9-7-29(8-10-30)12-19(31)21-14-33-25-17(3)23(27)18(26)11-20(25)34-21/h4-6,11,19,21,31H,7-10,12-14H2,1-3H3,(H,28,32). The number of nitrogens with one attached hydrogen (secondary N) is 1. The topological polar surface area (TPSA) is 74.3 Å². The van der Waals surface area contributed by atoms with Crippen LogP contribution in [0.4, 0.5) is 5.69 Å². The number of amides is 1. The third kappa shape index (κ3) is 5.61. The summed E-state index contributed by atoms with van der Waals surface area (Å²) in [6.45, 7) is 9.91. The first-order valence-corrected chi connectivity index (χ1v) is 12.3. The van der Waals surface area contributed by atoms with E-state index in [-0.39, 0.29) is 12.5 Å². The van der Waals surface area contributed by atoms with E-state index in [1.807, 2.05) is 39.0 Å². The zero-order chi connectivity index (χ0) is 24.4. The molecule has 34 heavy (non-hydrogen) atoms. The molecule has 2 N–H and O–H groups in total. The van der Waals surface area contributed by atoms with E-state index in [4.69, 9.17) is 32.7 Å². The average Bonchev–Trinajstić information content (AvgIpc) is 2.81. The Kier molecular flexibility index (Phi) is 7.90. The van der Waals surface area contributed by atoms with Crippen LogP contribution >= 0.6 is 23.2 Å². The molecule has 2 aliphatic rings. The highest BCUT2D eigenvalue weighted by Gasteiger charge is 2.32. The zero-order valence-corrected chi connectivity index (χ0v) is 21.2. The number of rotatable bonds is 6. The zero-order valence-electron chi connectivity index (χ0n) is 19.7. The van der Waals surface area contributed by atoms with Crippen LogP contribution in [0.1, 0.15) is 16.7 Å². The molecule has 2 atom stereocenters. The fourth-order valence-electron chi connectivity index (χ4n) is 4.43. The summed E-state index contributed by atoms with van der Waals surface area (Å²) in [4.78, 5) is 16.9. The van der Waals surface area contributed by atoms with Crippen LogP contribution < -0.4 is 14.8 Å². The number of hydrogen-bond acceptors (Lipinski definition) is 6. The molecule has 9 heteroatoms. The number of aliphatic hydroxyl groups is 1. The van der Waals surface area contributed by atoms with Gasteiger partial charge in [-0.2, -0.15) is 0 Å². The van der Waals surface area contributed by atoms with Gasteiger partial charge in [-0.1, -0.05) is 41.4 Å². The lowest BCUT2D eigenvalue weighted by Gasteiger charge is -2.37. The van der Waals surface area contributed by atoms with E-state index in [1.165, 1.54) is 0 Å². The number of β-amino-alcohol motifs (C(OH)–C–C–N with tert-alkyl or cyclic N) is 1. The second-order valence-corrected chi connectivity index (χ2v) is 9.84. The largest absolute Gasteiger partial charge is 0.485 e. The van der Waals surface area contributed by atoms with Crippen molar-refractivity contribution in [1.82, 2.24) is 9.80 Å². The van der Waals surface area contributed by atoms with Crippen LogP contribution in [0.3, 0.4) is 0 Å². The molecule has 184 valence electrons. The van der Waals surface area contributed by atoms with E-state index in [0.717, 1.165) is 48.6 Å². The molecule has 4 rings (SSSR count). The van der Waals surface area contributed by atoms with E-state index in [1.54, 1.807) is 6.07 Å². The monoisotopic (exact) mass is 507 g/mol. The summed E-state index contributed by atoms with van der Waals surface area (Å²) in [7, 11) is 0. The minimum absolute atomic E-state index is 0.00800. The summed E-state index contributed by atoms with van der Waals surface area (Å²) < 4.78 is 11.8. The lowest BCUT2D eigenvalue weighted by atomic mass is 10.1. The van der Waals surface area contributed by atoms with Crippen molar-refractivity contribution in [1.29, 1.82) is 0 Å². The van der Waals surface area contributed by atoms with Gasteiger partial charge >= 0.3 is 0 Å². The number of ether oxygens (including phenoxy) is 2. The number of nitrogens with zero attached hydrogens (tertiary/aromatic N) is 2. The highest BCUT2D eigenvalue weighted by atomic mass is 35.5. The van der Waals surface area contributed by atoms with Crippen LogP contribution in [0.2, 0.25) is 10.0 Å². The molecule has 7 nitrogen and oxygen atoms in total. The Labute approximate surface area is 210 Å². The van der Waals surface area contributed by atoms with Crippen LogP contribution in [0.5, 0.6) is 11.5 Å². The van der Waals surface area contributed by atoms with Crippen LogP contribution in [0.25, 0.3) is 0 Å². The fraction of sp³-hybridized carbons (Fsp3) is 0.480.